The second-order valence-electron chi connectivity index (χ2n) is 11.2. The summed E-state index contributed by atoms with van der Waals surface area (Å²) in [4.78, 5) is 14.1. The van der Waals surface area contributed by atoms with Gasteiger partial charge in [-0.3, -0.25) is 4.79 Å². The van der Waals surface area contributed by atoms with Gasteiger partial charge < -0.3 is 5.32 Å². The van der Waals surface area contributed by atoms with Crippen LogP contribution < -0.4 is 5.32 Å². The summed E-state index contributed by atoms with van der Waals surface area (Å²) in [7, 11) is 0. The van der Waals surface area contributed by atoms with Crippen molar-refractivity contribution in [3.05, 3.63) is 0 Å². The molecule has 3 heteroatoms. The van der Waals surface area contributed by atoms with Gasteiger partial charge in [-0.25, -0.2) is 0 Å². The second kappa shape index (κ2) is 5.09. The highest BCUT2D eigenvalue weighted by molar-refractivity contribution is 7.82. The summed E-state index contributed by atoms with van der Waals surface area (Å²) in [5, 5.41) is 3.73. The molecule has 25 heavy (non-hydrogen) atoms. The van der Waals surface area contributed by atoms with E-state index in [1.807, 2.05) is 0 Å². The number of Topliss-reactive ketones (excluding diaryl/α,β-unsaturated/α-hetero) is 1. The van der Waals surface area contributed by atoms with Gasteiger partial charge in [0.15, 0.2) is 5.78 Å². The molecule has 0 aromatic heterocycles. The Morgan fingerprint density at radius 1 is 0.680 bits per heavy atom. The van der Waals surface area contributed by atoms with Gasteiger partial charge in [0, 0.05) is 11.0 Å². The fourth-order valence-electron chi connectivity index (χ4n) is 9.19. The van der Waals surface area contributed by atoms with Gasteiger partial charge in [0.2, 0.25) is 0 Å². The topological polar surface area (TPSA) is 29.1 Å². The molecule has 8 saturated carbocycles. The first-order chi connectivity index (χ1) is 12.0. The van der Waals surface area contributed by atoms with Crippen LogP contribution in [0.25, 0.3) is 0 Å². The molecular formula is C22H31NOS. The first kappa shape index (κ1) is 15.6. The molecular weight excluding hydrogens is 326 g/mol. The summed E-state index contributed by atoms with van der Waals surface area (Å²) in [6.07, 6.45) is 15.7. The number of carbonyl (C=O) groups excluding carboxylic acids is 1. The van der Waals surface area contributed by atoms with E-state index in [1.165, 1.54) is 57.8 Å². The van der Waals surface area contributed by atoms with Gasteiger partial charge in [-0.1, -0.05) is 12.2 Å². The molecule has 0 aromatic rings. The van der Waals surface area contributed by atoms with Crippen LogP contribution in [-0.2, 0) is 4.79 Å². The van der Waals surface area contributed by atoms with E-state index in [9.17, 15) is 4.79 Å². The molecule has 0 aromatic carbocycles. The first-order valence-corrected chi connectivity index (χ1v) is 11.3. The van der Waals surface area contributed by atoms with Crippen molar-refractivity contribution in [2.24, 2.45) is 40.9 Å². The standard InChI is InChI=1S/C22H31NOS/c24-19(21-7-13-1-14(8-21)3-15(2-13)9-21)20(25)23-22-10-16-4-17(11-22)6-18(5-16)12-22/h13-18H,1-12H2,(H,23,25). The molecule has 136 valence electrons. The predicted octanol–water partition coefficient (Wildman–Crippen LogP) is 4.66. The van der Waals surface area contributed by atoms with Crippen LogP contribution in [0.3, 0.4) is 0 Å². The molecule has 8 rings (SSSR count). The zero-order chi connectivity index (χ0) is 16.8. The van der Waals surface area contributed by atoms with Crippen LogP contribution >= 0.6 is 12.2 Å². The zero-order valence-corrected chi connectivity index (χ0v) is 16.1. The number of carbonyl (C=O) groups is 1. The van der Waals surface area contributed by atoms with Crippen LogP contribution in [0, 0.1) is 40.9 Å². The molecule has 0 radical (unpaired) electrons. The molecule has 1 N–H and O–H groups in total. The molecule has 8 aliphatic rings. The van der Waals surface area contributed by atoms with Crippen molar-refractivity contribution in [3.63, 3.8) is 0 Å². The maximum absolute atomic E-state index is 13.5. The number of hydrogen-bond donors (Lipinski definition) is 1. The number of ketones is 1. The van der Waals surface area contributed by atoms with Crippen LogP contribution in [0.1, 0.15) is 77.0 Å². The highest BCUT2D eigenvalue weighted by atomic mass is 32.1. The van der Waals surface area contributed by atoms with Crippen LogP contribution in [0.2, 0.25) is 0 Å². The maximum Gasteiger partial charge on any atom is 0.195 e. The molecule has 0 heterocycles. The first-order valence-electron chi connectivity index (χ1n) is 10.9. The van der Waals surface area contributed by atoms with E-state index < -0.39 is 0 Å². The number of thiocarbonyl (C=S) groups is 1. The van der Waals surface area contributed by atoms with E-state index in [-0.39, 0.29) is 11.0 Å². The molecule has 0 spiro atoms. The molecule has 0 atom stereocenters. The Balaban J connectivity index is 1.22. The van der Waals surface area contributed by atoms with Crippen molar-refractivity contribution in [3.8, 4) is 0 Å². The normalized spacial score (nSPS) is 54.7. The van der Waals surface area contributed by atoms with Crippen molar-refractivity contribution in [2.45, 2.75) is 82.6 Å². The Hall–Kier alpha value is -0.440. The fourth-order valence-corrected chi connectivity index (χ4v) is 9.62. The summed E-state index contributed by atoms with van der Waals surface area (Å²) in [5.41, 5.74) is 0.116. The van der Waals surface area contributed by atoms with Crippen LogP contribution in [0.5, 0.6) is 0 Å². The van der Waals surface area contributed by atoms with Gasteiger partial charge in [0.05, 0.1) is 0 Å². The molecule has 0 aliphatic heterocycles. The summed E-state index contributed by atoms with van der Waals surface area (Å²) in [5.74, 6) is 5.49. The average molecular weight is 358 g/mol. The van der Waals surface area contributed by atoms with E-state index in [2.05, 4.69) is 5.32 Å². The Morgan fingerprint density at radius 3 is 1.44 bits per heavy atom. The van der Waals surface area contributed by atoms with E-state index in [0.29, 0.717) is 10.8 Å². The molecule has 2 nitrogen and oxygen atoms in total. The summed E-state index contributed by atoms with van der Waals surface area (Å²) in [6, 6.07) is 0. The van der Waals surface area contributed by atoms with Crippen molar-refractivity contribution in [1.82, 2.24) is 5.32 Å². The van der Waals surface area contributed by atoms with Gasteiger partial charge in [-0.05, 0) is 113 Å². The van der Waals surface area contributed by atoms with Gasteiger partial charge in [0.25, 0.3) is 0 Å². The lowest BCUT2D eigenvalue weighted by molar-refractivity contribution is -0.136. The predicted molar refractivity (Wildman–Crippen MR) is 102 cm³/mol. The number of nitrogens with one attached hydrogen (secondary N) is 1. The molecule has 8 aliphatic carbocycles. The molecule has 8 bridgehead atoms. The molecule has 0 amide bonds. The van der Waals surface area contributed by atoms with Crippen molar-refractivity contribution < 1.29 is 4.79 Å². The maximum atomic E-state index is 13.5. The smallest absolute Gasteiger partial charge is 0.195 e. The van der Waals surface area contributed by atoms with E-state index >= 15 is 0 Å². The number of rotatable bonds is 3. The van der Waals surface area contributed by atoms with Gasteiger partial charge >= 0.3 is 0 Å². The molecule has 0 unspecified atom stereocenters. The Labute approximate surface area is 156 Å². The highest BCUT2D eigenvalue weighted by Crippen LogP contribution is 2.61. The van der Waals surface area contributed by atoms with Gasteiger partial charge in [0.1, 0.15) is 4.99 Å². The lowest BCUT2D eigenvalue weighted by Crippen LogP contribution is -2.62. The van der Waals surface area contributed by atoms with Crippen molar-refractivity contribution in [2.75, 3.05) is 0 Å². The summed E-state index contributed by atoms with van der Waals surface area (Å²) in [6.45, 7) is 0. The fraction of sp³-hybridized carbons (Fsp3) is 0.909. The third-order valence-corrected chi connectivity index (χ3v) is 9.43. The number of hydrogen-bond acceptors (Lipinski definition) is 2. The molecule has 0 saturated heterocycles. The Morgan fingerprint density at radius 2 is 1.04 bits per heavy atom. The minimum atomic E-state index is -0.0683. The minimum absolute atomic E-state index is 0.0683. The zero-order valence-electron chi connectivity index (χ0n) is 15.3. The van der Waals surface area contributed by atoms with E-state index in [0.717, 1.165) is 54.8 Å². The van der Waals surface area contributed by atoms with Gasteiger partial charge in [-0.2, -0.15) is 0 Å². The minimum Gasteiger partial charge on any atom is -0.368 e. The van der Waals surface area contributed by atoms with Crippen LogP contribution in [0.15, 0.2) is 0 Å². The van der Waals surface area contributed by atoms with Crippen molar-refractivity contribution >= 4 is 23.0 Å². The highest BCUT2D eigenvalue weighted by Gasteiger charge is 2.56. The van der Waals surface area contributed by atoms with E-state index in [4.69, 9.17) is 12.2 Å². The van der Waals surface area contributed by atoms with Crippen molar-refractivity contribution in [1.29, 1.82) is 0 Å². The lowest BCUT2D eigenvalue weighted by Gasteiger charge is -2.58. The Bertz CT molecular complexity index is 567. The van der Waals surface area contributed by atoms with Gasteiger partial charge in [-0.15, -0.1) is 0 Å². The lowest BCUT2D eigenvalue weighted by atomic mass is 9.48. The SMILES string of the molecule is O=C(C(=S)NC12CC3CC(CC(C3)C1)C2)C12CC3CC(CC(C3)C1)C2. The second-order valence-corrected chi connectivity index (χ2v) is 11.6. The van der Waals surface area contributed by atoms with Crippen LogP contribution in [0.4, 0.5) is 0 Å². The van der Waals surface area contributed by atoms with Crippen LogP contribution in [-0.4, -0.2) is 16.3 Å². The molecule has 8 fully saturated rings. The third kappa shape index (κ3) is 2.33. The monoisotopic (exact) mass is 357 g/mol. The average Bonchev–Trinajstić information content (AvgIpc) is 2.51. The Kier molecular flexibility index (Phi) is 3.17. The third-order valence-electron chi connectivity index (χ3n) is 9.14. The summed E-state index contributed by atoms with van der Waals surface area (Å²) < 4.78 is 0. The summed E-state index contributed by atoms with van der Waals surface area (Å²) >= 11 is 5.79. The largest absolute Gasteiger partial charge is 0.368 e. The quantitative estimate of drug-likeness (QED) is 0.745. The van der Waals surface area contributed by atoms with E-state index in [1.54, 1.807) is 0 Å².